The molecule has 0 fully saturated rings. The molecule has 0 saturated carbocycles. The Morgan fingerprint density at radius 1 is 1.25 bits per heavy atom. The van der Waals surface area contributed by atoms with Crippen LogP contribution in [0.3, 0.4) is 0 Å². The predicted molar refractivity (Wildman–Crippen MR) is 87.9 cm³/mol. The van der Waals surface area contributed by atoms with Crippen molar-refractivity contribution in [1.82, 2.24) is 15.1 Å². The van der Waals surface area contributed by atoms with Gasteiger partial charge in [-0.2, -0.15) is 4.98 Å². The Kier molecular flexibility index (Phi) is 4.72. The summed E-state index contributed by atoms with van der Waals surface area (Å²) in [5, 5.41) is 7.00. The van der Waals surface area contributed by atoms with Gasteiger partial charge in [-0.1, -0.05) is 16.8 Å². The van der Waals surface area contributed by atoms with E-state index in [1.54, 1.807) is 31.4 Å². The molecular formula is C16H13ClN4O3. The minimum absolute atomic E-state index is 0.0482. The number of nitrogens with zero attached hydrogens (tertiary/aromatic N) is 3. The van der Waals surface area contributed by atoms with Gasteiger partial charge in [0.1, 0.15) is 18.0 Å². The first kappa shape index (κ1) is 15.9. The highest BCUT2D eigenvalue weighted by atomic mass is 35.5. The first-order valence-electron chi connectivity index (χ1n) is 7.02. The highest BCUT2D eigenvalue weighted by molar-refractivity contribution is 6.30. The molecular weight excluding hydrogens is 332 g/mol. The van der Waals surface area contributed by atoms with Crippen LogP contribution in [0.1, 0.15) is 5.89 Å². The number of pyridine rings is 1. The number of amides is 1. The van der Waals surface area contributed by atoms with Gasteiger partial charge in [0.25, 0.3) is 0 Å². The van der Waals surface area contributed by atoms with E-state index in [4.69, 9.17) is 20.9 Å². The normalized spacial score (nSPS) is 10.4. The lowest BCUT2D eigenvalue weighted by atomic mass is 10.2. The molecule has 8 heteroatoms. The van der Waals surface area contributed by atoms with Gasteiger partial charge in [0.15, 0.2) is 0 Å². The Bertz CT molecular complexity index is 831. The summed E-state index contributed by atoms with van der Waals surface area (Å²) in [7, 11) is 1.59. The molecule has 0 aliphatic heterocycles. The van der Waals surface area contributed by atoms with Crippen LogP contribution in [0.5, 0.6) is 5.75 Å². The zero-order valence-electron chi connectivity index (χ0n) is 12.7. The number of hydrogen-bond acceptors (Lipinski definition) is 6. The van der Waals surface area contributed by atoms with Crippen molar-refractivity contribution >= 4 is 23.3 Å². The number of anilines is 1. The molecule has 0 radical (unpaired) electrons. The summed E-state index contributed by atoms with van der Waals surface area (Å²) in [6.07, 6.45) is 1.40. The van der Waals surface area contributed by atoms with E-state index in [2.05, 4.69) is 20.4 Å². The smallest absolute Gasteiger partial charge is 0.236 e. The fraction of sp³-hybridized carbons (Fsp3) is 0.125. The largest absolute Gasteiger partial charge is 0.497 e. The second kappa shape index (κ2) is 7.10. The number of methoxy groups -OCH3 is 1. The van der Waals surface area contributed by atoms with Gasteiger partial charge in [0.05, 0.1) is 12.1 Å². The van der Waals surface area contributed by atoms with Crippen LogP contribution in [0.2, 0.25) is 5.02 Å². The Hall–Kier alpha value is -2.93. The van der Waals surface area contributed by atoms with Crippen LogP contribution in [0.4, 0.5) is 5.82 Å². The lowest BCUT2D eigenvalue weighted by molar-refractivity contribution is -0.115. The number of carbonyl (C=O) groups is 1. The molecule has 1 aromatic carbocycles. The molecule has 1 N–H and O–H groups in total. The van der Waals surface area contributed by atoms with Gasteiger partial charge in [0.2, 0.25) is 17.6 Å². The monoisotopic (exact) mass is 344 g/mol. The van der Waals surface area contributed by atoms with Crippen molar-refractivity contribution in [3.05, 3.63) is 53.5 Å². The van der Waals surface area contributed by atoms with Crippen LogP contribution in [0, 0.1) is 0 Å². The maximum atomic E-state index is 12.0. The van der Waals surface area contributed by atoms with Crippen LogP contribution < -0.4 is 10.1 Å². The maximum Gasteiger partial charge on any atom is 0.236 e. The molecule has 0 bridgehead atoms. The summed E-state index contributed by atoms with van der Waals surface area (Å²) in [6, 6.07) is 10.5. The molecule has 2 heterocycles. The highest BCUT2D eigenvalue weighted by Crippen LogP contribution is 2.20. The molecule has 0 spiro atoms. The van der Waals surface area contributed by atoms with Crippen molar-refractivity contribution in [2.75, 3.05) is 12.4 Å². The van der Waals surface area contributed by atoms with Crippen LogP contribution in [-0.4, -0.2) is 28.1 Å². The van der Waals surface area contributed by atoms with E-state index in [0.29, 0.717) is 16.7 Å². The second-order valence-corrected chi connectivity index (χ2v) is 5.26. The van der Waals surface area contributed by atoms with E-state index in [0.717, 1.165) is 11.3 Å². The van der Waals surface area contributed by atoms with E-state index in [1.807, 2.05) is 12.1 Å². The molecule has 0 atom stereocenters. The zero-order chi connectivity index (χ0) is 16.9. The molecule has 1 amide bonds. The number of halogens is 1. The van der Waals surface area contributed by atoms with Gasteiger partial charge < -0.3 is 14.6 Å². The minimum Gasteiger partial charge on any atom is -0.497 e. The summed E-state index contributed by atoms with van der Waals surface area (Å²) in [4.78, 5) is 20.2. The molecule has 3 rings (SSSR count). The number of nitrogens with one attached hydrogen (secondary N) is 1. The van der Waals surface area contributed by atoms with Crippen molar-refractivity contribution in [2.45, 2.75) is 6.42 Å². The van der Waals surface area contributed by atoms with E-state index in [1.165, 1.54) is 6.20 Å². The summed E-state index contributed by atoms with van der Waals surface area (Å²) in [6.45, 7) is 0. The van der Waals surface area contributed by atoms with E-state index in [-0.39, 0.29) is 18.2 Å². The second-order valence-electron chi connectivity index (χ2n) is 4.83. The number of rotatable bonds is 5. The summed E-state index contributed by atoms with van der Waals surface area (Å²) < 4.78 is 10.2. The van der Waals surface area contributed by atoms with Gasteiger partial charge in [-0.25, -0.2) is 4.98 Å². The molecule has 2 aromatic heterocycles. The zero-order valence-corrected chi connectivity index (χ0v) is 13.4. The van der Waals surface area contributed by atoms with Gasteiger partial charge in [-0.3, -0.25) is 4.79 Å². The molecule has 0 aliphatic rings. The first-order valence-corrected chi connectivity index (χ1v) is 7.40. The SMILES string of the molecule is COc1ccc(-c2noc(CC(=O)Nc3ccc(Cl)cn3)n2)cc1. The number of aromatic nitrogens is 3. The van der Waals surface area contributed by atoms with Crippen molar-refractivity contribution in [3.8, 4) is 17.1 Å². The van der Waals surface area contributed by atoms with E-state index in [9.17, 15) is 4.79 Å². The van der Waals surface area contributed by atoms with Gasteiger partial charge >= 0.3 is 0 Å². The van der Waals surface area contributed by atoms with Crippen LogP contribution >= 0.6 is 11.6 Å². The third-order valence-corrected chi connectivity index (χ3v) is 3.35. The van der Waals surface area contributed by atoms with Crippen molar-refractivity contribution in [2.24, 2.45) is 0 Å². The molecule has 122 valence electrons. The molecule has 24 heavy (non-hydrogen) atoms. The molecule has 0 saturated heterocycles. The highest BCUT2D eigenvalue weighted by Gasteiger charge is 2.13. The quantitative estimate of drug-likeness (QED) is 0.765. The molecule has 0 aliphatic carbocycles. The average Bonchev–Trinajstić information content (AvgIpc) is 3.05. The van der Waals surface area contributed by atoms with E-state index >= 15 is 0 Å². The lowest BCUT2D eigenvalue weighted by Gasteiger charge is -2.01. The number of carbonyl (C=O) groups excluding carboxylic acids is 1. The summed E-state index contributed by atoms with van der Waals surface area (Å²) in [5.41, 5.74) is 0.769. The fourth-order valence-corrected chi connectivity index (χ4v) is 2.07. The minimum atomic E-state index is -0.310. The van der Waals surface area contributed by atoms with Crippen molar-refractivity contribution in [3.63, 3.8) is 0 Å². The molecule has 3 aromatic rings. The summed E-state index contributed by atoms with van der Waals surface area (Å²) in [5.74, 6) is 1.45. The summed E-state index contributed by atoms with van der Waals surface area (Å²) >= 11 is 5.74. The van der Waals surface area contributed by atoms with Crippen LogP contribution in [0.15, 0.2) is 47.1 Å². The Labute approximate surface area is 142 Å². The van der Waals surface area contributed by atoms with Crippen molar-refractivity contribution in [1.29, 1.82) is 0 Å². The van der Waals surface area contributed by atoms with Gasteiger partial charge in [-0.05, 0) is 36.4 Å². The maximum absolute atomic E-state index is 12.0. The molecule has 7 nitrogen and oxygen atoms in total. The fourth-order valence-electron chi connectivity index (χ4n) is 1.96. The predicted octanol–water partition coefficient (Wildman–Crippen LogP) is 2.97. The van der Waals surface area contributed by atoms with Crippen molar-refractivity contribution < 1.29 is 14.1 Å². The van der Waals surface area contributed by atoms with Crippen LogP contribution in [-0.2, 0) is 11.2 Å². The number of benzene rings is 1. The Morgan fingerprint density at radius 3 is 2.71 bits per heavy atom. The first-order chi connectivity index (χ1) is 11.6. The average molecular weight is 345 g/mol. The Balaban J connectivity index is 1.64. The molecule has 0 unspecified atom stereocenters. The topological polar surface area (TPSA) is 90.1 Å². The van der Waals surface area contributed by atoms with Gasteiger partial charge in [-0.15, -0.1) is 0 Å². The third kappa shape index (κ3) is 3.88. The Morgan fingerprint density at radius 2 is 2.04 bits per heavy atom. The standard InChI is InChI=1S/C16H13ClN4O3/c1-23-12-5-2-10(3-6-12)16-20-15(24-21-16)8-14(22)19-13-7-4-11(17)9-18-13/h2-7,9H,8H2,1H3,(H,18,19,22). The van der Waals surface area contributed by atoms with Crippen LogP contribution in [0.25, 0.3) is 11.4 Å². The lowest BCUT2D eigenvalue weighted by Crippen LogP contribution is -2.15. The van der Waals surface area contributed by atoms with E-state index < -0.39 is 0 Å². The van der Waals surface area contributed by atoms with Gasteiger partial charge in [0, 0.05) is 11.8 Å². The third-order valence-electron chi connectivity index (χ3n) is 3.12. The number of ether oxygens (including phenoxy) is 1. The number of hydrogen-bond donors (Lipinski definition) is 1.